The van der Waals surface area contributed by atoms with E-state index < -0.39 is 11.9 Å². The second kappa shape index (κ2) is 4.46. The van der Waals surface area contributed by atoms with Gasteiger partial charge in [-0.2, -0.15) is 0 Å². The summed E-state index contributed by atoms with van der Waals surface area (Å²) in [5.74, 6) is 0.287. The number of aliphatic hydroxyl groups is 1. The summed E-state index contributed by atoms with van der Waals surface area (Å²) in [4.78, 5) is 0. The quantitative estimate of drug-likeness (QED) is 0.799. The first-order chi connectivity index (χ1) is 7.44. The van der Waals surface area contributed by atoms with E-state index in [9.17, 15) is 5.11 Å². The van der Waals surface area contributed by atoms with Gasteiger partial charge < -0.3 is 19.3 Å². The molecule has 2 heterocycles. The number of fused-ring (bicyclic) bond motifs is 1. The average Bonchev–Trinajstić information content (AvgIpc) is 2.51. The second-order valence-electron chi connectivity index (χ2n) is 4.72. The average molecular weight is 248 g/mol. The highest BCUT2D eigenvalue weighted by atomic mass is 32.2. The molecule has 0 unspecified atom stereocenters. The second-order valence-corrected chi connectivity index (χ2v) is 6.10. The van der Waals surface area contributed by atoms with Crippen molar-refractivity contribution < 1.29 is 19.3 Å². The largest absolute Gasteiger partial charge is 0.387 e. The third-order valence-electron chi connectivity index (χ3n) is 2.92. The van der Waals surface area contributed by atoms with Gasteiger partial charge in [-0.1, -0.05) is 6.92 Å². The first kappa shape index (κ1) is 12.6. The van der Waals surface area contributed by atoms with Crippen LogP contribution >= 0.6 is 11.8 Å². The number of hydrogen-bond acceptors (Lipinski definition) is 5. The number of rotatable bonds is 2. The van der Waals surface area contributed by atoms with Crippen molar-refractivity contribution in [1.29, 1.82) is 0 Å². The van der Waals surface area contributed by atoms with Crippen molar-refractivity contribution >= 4 is 11.8 Å². The Balaban J connectivity index is 2.11. The molecule has 0 aromatic rings. The molecule has 2 fully saturated rings. The van der Waals surface area contributed by atoms with Gasteiger partial charge in [0, 0.05) is 0 Å². The lowest BCUT2D eigenvalue weighted by Crippen LogP contribution is -2.54. The van der Waals surface area contributed by atoms with Gasteiger partial charge in [0.1, 0.15) is 23.7 Å². The van der Waals surface area contributed by atoms with E-state index in [4.69, 9.17) is 14.2 Å². The maximum atomic E-state index is 10.2. The maximum absolute atomic E-state index is 10.2. The zero-order chi connectivity index (χ0) is 11.9. The molecule has 94 valence electrons. The van der Waals surface area contributed by atoms with Gasteiger partial charge in [0.2, 0.25) is 0 Å². The highest BCUT2D eigenvalue weighted by Crippen LogP contribution is 2.39. The summed E-state index contributed by atoms with van der Waals surface area (Å²) < 4.78 is 17.2. The molecule has 5 heteroatoms. The third-order valence-corrected chi connectivity index (χ3v) is 3.97. The molecule has 2 aliphatic heterocycles. The zero-order valence-corrected chi connectivity index (χ0v) is 11.0. The number of thioether (sulfide) groups is 1. The van der Waals surface area contributed by atoms with Crippen LogP contribution in [0.2, 0.25) is 0 Å². The minimum absolute atomic E-state index is 0.0424. The Kier molecular flexibility index (Phi) is 3.52. The fourth-order valence-corrected chi connectivity index (χ4v) is 3.21. The van der Waals surface area contributed by atoms with Gasteiger partial charge in [0.25, 0.3) is 0 Å². The Morgan fingerprint density at radius 2 is 1.88 bits per heavy atom. The van der Waals surface area contributed by atoms with E-state index in [1.165, 1.54) is 0 Å². The Morgan fingerprint density at radius 3 is 2.50 bits per heavy atom. The molecule has 2 rings (SSSR count). The lowest BCUT2D eigenvalue weighted by molar-refractivity contribution is -0.153. The molecule has 0 bridgehead atoms. The van der Waals surface area contributed by atoms with Gasteiger partial charge in [-0.15, -0.1) is 11.8 Å². The molecule has 4 nitrogen and oxygen atoms in total. The summed E-state index contributed by atoms with van der Waals surface area (Å²) >= 11 is 1.61. The standard InChI is InChI=1S/C11H20O4S/c1-5-16-10-7(12)9-8(6(2)13-10)14-11(3,4)15-9/h6-10,12H,5H2,1-4H3/t6-,7-,8+,9-,10-/m1/s1. The van der Waals surface area contributed by atoms with Crippen molar-refractivity contribution in [2.75, 3.05) is 5.75 Å². The molecule has 0 aromatic heterocycles. The molecule has 0 aliphatic carbocycles. The van der Waals surface area contributed by atoms with Crippen molar-refractivity contribution in [3.05, 3.63) is 0 Å². The fourth-order valence-electron chi connectivity index (χ4n) is 2.27. The predicted molar refractivity (Wildman–Crippen MR) is 62.3 cm³/mol. The molecular weight excluding hydrogens is 228 g/mol. The molecule has 5 atom stereocenters. The number of ether oxygens (including phenoxy) is 3. The smallest absolute Gasteiger partial charge is 0.164 e. The number of aliphatic hydroxyl groups excluding tert-OH is 1. The van der Waals surface area contributed by atoms with E-state index in [2.05, 4.69) is 0 Å². The summed E-state index contributed by atoms with van der Waals surface area (Å²) in [6.07, 6.45) is -1.10. The van der Waals surface area contributed by atoms with E-state index >= 15 is 0 Å². The maximum Gasteiger partial charge on any atom is 0.164 e. The molecule has 0 aromatic carbocycles. The summed E-state index contributed by atoms with van der Waals surface area (Å²) in [6.45, 7) is 7.75. The number of hydrogen-bond donors (Lipinski definition) is 1. The van der Waals surface area contributed by atoms with Crippen molar-refractivity contribution in [2.45, 2.75) is 63.3 Å². The Bertz CT molecular complexity index is 258. The highest BCUT2D eigenvalue weighted by Gasteiger charge is 2.53. The van der Waals surface area contributed by atoms with E-state index in [1.54, 1.807) is 11.8 Å². The summed E-state index contributed by atoms with van der Waals surface area (Å²) in [5, 5.41) is 10.2. The van der Waals surface area contributed by atoms with Crippen LogP contribution in [0.3, 0.4) is 0 Å². The monoisotopic (exact) mass is 248 g/mol. The molecule has 0 saturated carbocycles. The Morgan fingerprint density at radius 1 is 1.25 bits per heavy atom. The van der Waals surface area contributed by atoms with Crippen molar-refractivity contribution in [1.82, 2.24) is 0 Å². The Hall–Kier alpha value is 0.190. The van der Waals surface area contributed by atoms with E-state index in [-0.39, 0.29) is 23.7 Å². The topological polar surface area (TPSA) is 47.9 Å². The first-order valence-electron chi connectivity index (χ1n) is 5.75. The minimum atomic E-state index is -0.625. The van der Waals surface area contributed by atoms with Crippen molar-refractivity contribution in [2.24, 2.45) is 0 Å². The van der Waals surface area contributed by atoms with Crippen LogP contribution < -0.4 is 0 Å². The summed E-state index contributed by atoms with van der Waals surface area (Å²) in [7, 11) is 0. The van der Waals surface area contributed by atoms with Gasteiger partial charge in [0.15, 0.2) is 5.79 Å². The van der Waals surface area contributed by atoms with Gasteiger partial charge >= 0.3 is 0 Å². The van der Waals surface area contributed by atoms with Crippen LogP contribution in [0.25, 0.3) is 0 Å². The normalized spacial score (nSPS) is 46.7. The van der Waals surface area contributed by atoms with Gasteiger partial charge in [-0.25, -0.2) is 0 Å². The molecule has 2 aliphatic rings. The van der Waals surface area contributed by atoms with Crippen LogP contribution in [0.4, 0.5) is 0 Å². The predicted octanol–water partition coefficient (Wildman–Crippen LogP) is 1.37. The van der Waals surface area contributed by atoms with Crippen molar-refractivity contribution in [3.8, 4) is 0 Å². The summed E-state index contributed by atoms with van der Waals surface area (Å²) in [5.41, 5.74) is -0.209. The lowest BCUT2D eigenvalue weighted by atomic mass is 10.0. The fraction of sp³-hybridized carbons (Fsp3) is 1.00. The molecule has 0 radical (unpaired) electrons. The van der Waals surface area contributed by atoms with Gasteiger partial charge in [-0.05, 0) is 26.5 Å². The van der Waals surface area contributed by atoms with Crippen molar-refractivity contribution in [3.63, 3.8) is 0 Å². The van der Waals surface area contributed by atoms with Crippen LogP contribution in [0.5, 0.6) is 0 Å². The van der Waals surface area contributed by atoms with Crippen LogP contribution in [-0.4, -0.2) is 46.5 Å². The SMILES string of the molecule is CCS[C@H]1O[C@H](C)[C@@H]2OC(C)(C)O[C@@H]2[C@H]1O. The van der Waals surface area contributed by atoms with Gasteiger partial charge in [-0.3, -0.25) is 0 Å². The molecule has 2 saturated heterocycles. The third kappa shape index (κ3) is 2.24. The van der Waals surface area contributed by atoms with E-state index in [0.717, 1.165) is 5.75 Å². The lowest BCUT2D eigenvalue weighted by Gasteiger charge is -2.38. The molecular formula is C11H20O4S. The summed E-state index contributed by atoms with van der Waals surface area (Å²) in [6, 6.07) is 0. The molecule has 1 N–H and O–H groups in total. The van der Waals surface area contributed by atoms with Gasteiger partial charge in [0.05, 0.1) is 6.10 Å². The first-order valence-corrected chi connectivity index (χ1v) is 6.80. The molecule has 16 heavy (non-hydrogen) atoms. The minimum Gasteiger partial charge on any atom is -0.387 e. The molecule has 0 amide bonds. The van der Waals surface area contributed by atoms with Crippen LogP contribution in [0, 0.1) is 0 Å². The van der Waals surface area contributed by atoms with Crippen LogP contribution in [0.15, 0.2) is 0 Å². The van der Waals surface area contributed by atoms with E-state index in [0.29, 0.717) is 0 Å². The molecule has 0 spiro atoms. The zero-order valence-electron chi connectivity index (χ0n) is 10.2. The van der Waals surface area contributed by atoms with E-state index in [1.807, 2.05) is 27.7 Å². The van der Waals surface area contributed by atoms with Crippen LogP contribution in [-0.2, 0) is 14.2 Å². The highest BCUT2D eigenvalue weighted by molar-refractivity contribution is 7.99. The van der Waals surface area contributed by atoms with Crippen LogP contribution in [0.1, 0.15) is 27.7 Å². The Labute approximate surface area is 101 Å².